The van der Waals surface area contributed by atoms with Crippen LogP contribution in [0.4, 0.5) is 21.8 Å². The maximum Gasteiger partial charge on any atom is 0.208 e. The molecule has 3 aromatic carbocycles. The predicted octanol–water partition coefficient (Wildman–Crippen LogP) is 6.02. The Kier molecular flexibility index (Phi) is 19.1. The lowest BCUT2D eigenvalue weighted by molar-refractivity contribution is 0.410. The van der Waals surface area contributed by atoms with E-state index in [1.807, 2.05) is 29.2 Å². The van der Waals surface area contributed by atoms with Gasteiger partial charge in [-0.15, -0.1) is 12.4 Å². The predicted molar refractivity (Wildman–Crippen MR) is 284 cm³/mol. The Morgan fingerprint density at radius 1 is 0.549 bits per heavy atom. The van der Waals surface area contributed by atoms with Crippen LogP contribution >= 0.6 is 24.0 Å². The van der Waals surface area contributed by atoms with E-state index in [9.17, 15) is 29.6 Å². The molecule has 386 valence electrons. The Morgan fingerprint density at radius 3 is 1.30 bits per heavy atom. The number of aryl methyl sites for hydroxylation is 2. The zero-order valence-corrected chi connectivity index (χ0v) is 44.6. The van der Waals surface area contributed by atoms with Crippen molar-refractivity contribution >= 4 is 104 Å². The van der Waals surface area contributed by atoms with Crippen LogP contribution in [0.2, 0.25) is 5.02 Å². The van der Waals surface area contributed by atoms with Crippen LogP contribution in [0.25, 0.3) is 32.7 Å². The Morgan fingerprint density at radius 2 is 0.915 bits per heavy atom. The minimum absolute atomic E-state index is 0. The van der Waals surface area contributed by atoms with E-state index in [0.717, 1.165) is 111 Å². The Balaban J connectivity index is 0.000000173. The second-order valence-corrected chi connectivity index (χ2v) is 24.5. The molecule has 3 atom stereocenters. The fraction of sp³-hybridized carbons (Fsp3) is 0.489. The lowest BCUT2D eigenvalue weighted by Gasteiger charge is -2.34. The second kappa shape index (κ2) is 24.4. The van der Waals surface area contributed by atoms with Gasteiger partial charge in [-0.05, 0) is 107 Å². The molecule has 3 saturated heterocycles. The molecule has 6 aromatic rings. The highest BCUT2D eigenvalue weighted by molar-refractivity contribution is 7.89. The molecule has 0 amide bonds. The van der Waals surface area contributed by atoms with Gasteiger partial charge in [-0.3, -0.25) is 0 Å². The van der Waals surface area contributed by atoms with Crippen LogP contribution in [0.3, 0.4) is 0 Å². The Bertz CT molecular complexity index is 3010. The van der Waals surface area contributed by atoms with Crippen LogP contribution in [0, 0.1) is 37.4 Å². The van der Waals surface area contributed by atoms with Gasteiger partial charge in [-0.25, -0.2) is 73.7 Å². The average molecular weight is 1080 g/mol. The topological polar surface area (TPSA) is 226 Å². The fourth-order valence-corrected chi connectivity index (χ4v) is 11.1. The van der Waals surface area contributed by atoms with Crippen molar-refractivity contribution in [1.29, 1.82) is 0 Å². The third kappa shape index (κ3) is 16.2. The summed E-state index contributed by atoms with van der Waals surface area (Å²) in [5.41, 5.74) is 4.76. The zero-order chi connectivity index (χ0) is 50.2. The number of nitrogens with zero attached hydrogens (tertiary/aromatic N) is 9. The molecule has 3 aromatic heterocycles. The number of hydrogen-bond donors (Lipinski definition) is 3. The summed E-state index contributed by atoms with van der Waals surface area (Å²) in [6, 6.07) is 15.0. The van der Waals surface area contributed by atoms with E-state index in [0.29, 0.717) is 54.7 Å². The van der Waals surface area contributed by atoms with E-state index in [2.05, 4.69) is 79.9 Å². The molecule has 3 unspecified atom stereocenters. The standard InChI is InChI=1S/2C16H22N4O2S.C15H18ClFN4O2S.ClH/c2*1-12-5-6-15-14(8-12)16(18-11-17-15)20-7-3-4-13(10-20)9-19-23(2,21)22;1-24(22,23)20-7-10-3-2-4-21(8-10)15-12-5-11(17)6-13(16)14(12)18-9-19-15;/h2*5-6,8,11,13,19H,3-4,7,9-10H2,1-2H3;5-6,9-10,20H,2-4,7-8H2,1H3;1H. The molecule has 3 N–H and O–H groups in total. The highest BCUT2D eigenvalue weighted by Crippen LogP contribution is 2.33. The summed E-state index contributed by atoms with van der Waals surface area (Å²) >= 11 is 6.08. The number of benzene rings is 3. The molecule has 18 nitrogen and oxygen atoms in total. The molecular weight excluding hydrogens is 1010 g/mol. The number of nitrogens with one attached hydrogen (secondary N) is 3. The molecule has 24 heteroatoms. The van der Waals surface area contributed by atoms with Crippen molar-refractivity contribution < 1.29 is 29.6 Å². The van der Waals surface area contributed by atoms with E-state index in [1.54, 1.807) is 12.7 Å². The van der Waals surface area contributed by atoms with Crippen LogP contribution in [0.1, 0.15) is 49.7 Å². The van der Waals surface area contributed by atoms with Gasteiger partial charge in [0, 0.05) is 75.1 Å². The maximum atomic E-state index is 13.7. The number of aromatic nitrogens is 6. The van der Waals surface area contributed by atoms with Crippen molar-refractivity contribution in [3.63, 3.8) is 0 Å². The molecule has 71 heavy (non-hydrogen) atoms. The first kappa shape index (κ1) is 55.6. The van der Waals surface area contributed by atoms with Crippen molar-refractivity contribution in [2.45, 2.75) is 52.4 Å². The summed E-state index contributed by atoms with van der Waals surface area (Å²) in [6.07, 6.45) is 14.1. The lowest BCUT2D eigenvalue weighted by Crippen LogP contribution is -2.41. The van der Waals surface area contributed by atoms with E-state index in [1.165, 1.54) is 42.1 Å². The van der Waals surface area contributed by atoms with Crippen LogP contribution in [-0.4, -0.2) is 133 Å². The minimum Gasteiger partial charge on any atom is -0.356 e. The number of sulfonamides is 3. The molecule has 0 radical (unpaired) electrons. The number of piperidine rings is 3. The van der Waals surface area contributed by atoms with Gasteiger partial charge in [0.15, 0.2) is 0 Å². The molecule has 3 aliphatic rings. The molecule has 0 spiro atoms. The molecule has 6 heterocycles. The maximum absolute atomic E-state index is 13.7. The molecular formula is C47H63Cl2FN12O6S3. The van der Waals surface area contributed by atoms with Gasteiger partial charge >= 0.3 is 0 Å². The first-order valence-electron chi connectivity index (χ1n) is 23.3. The summed E-state index contributed by atoms with van der Waals surface area (Å²) in [4.78, 5) is 32.6. The number of fused-ring (bicyclic) bond motifs is 3. The summed E-state index contributed by atoms with van der Waals surface area (Å²) in [5, 5.41) is 2.94. The van der Waals surface area contributed by atoms with E-state index < -0.39 is 35.9 Å². The first-order valence-corrected chi connectivity index (χ1v) is 29.3. The molecule has 9 rings (SSSR count). The fourth-order valence-electron chi connectivity index (χ4n) is 9.23. The van der Waals surface area contributed by atoms with E-state index in [-0.39, 0.29) is 23.3 Å². The van der Waals surface area contributed by atoms with Crippen molar-refractivity contribution in [1.82, 2.24) is 44.1 Å². The van der Waals surface area contributed by atoms with E-state index in [4.69, 9.17) is 11.6 Å². The lowest BCUT2D eigenvalue weighted by atomic mass is 9.98. The van der Waals surface area contributed by atoms with Crippen LogP contribution in [0.5, 0.6) is 0 Å². The van der Waals surface area contributed by atoms with Crippen LogP contribution < -0.4 is 28.9 Å². The highest BCUT2D eigenvalue weighted by Gasteiger charge is 2.26. The molecule has 0 aliphatic carbocycles. The molecule has 3 aliphatic heterocycles. The molecule has 3 fully saturated rings. The van der Waals surface area contributed by atoms with E-state index >= 15 is 0 Å². The normalized spacial score (nSPS) is 18.9. The van der Waals surface area contributed by atoms with Crippen molar-refractivity contribution in [2.24, 2.45) is 17.8 Å². The second-order valence-electron chi connectivity index (χ2n) is 18.6. The van der Waals surface area contributed by atoms with Gasteiger partial charge in [0.25, 0.3) is 0 Å². The Hall–Kier alpha value is -4.68. The number of rotatable bonds is 12. The quantitative estimate of drug-likeness (QED) is 0.127. The van der Waals surface area contributed by atoms with Crippen molar-refractivity contribution in [2.75, 3.05) is 92.4 Å². The van der Waals surface area contributed by atoms with Crippen molar-refractivity contribution in [3.05, 3.63) is 89.5 Å². The minimum atomic E-state index is -3.21. The van der Waals surface area contributed by atoms with Crippen LogP contribution in [-0.2, 0) is 30.1 Å². The summed E-state index contributed by atoms with van der Waals surface area (Å²) in [7, 11) is -9.49. The first-order chi connectivity index (χ1) is 33.2. The largest absolute Gasteiger partial charge is 0.356 e. The average Bonchev–Trinajstić information content (AvgIpc) is 3.31. The number of anilines is 3. The number of hydrogen-bond acceptors (Lipinski definition) is 15. The van der Waals surface area contributed by atoms with Gasteiger partial charge in [0.1, 0.15) is 42.3 Å². The van der Waals surface area contributed by atoms with Gasteiger partial charge in [0.05, 0.1) is 40.3 Å². The highest BCUT2D eigenvalue weighted by atomic mass is 35.5. The third-order valence-corrected chi connectivity index (χ3v) is 14.9. The smallest absolute Gasteiger partial charge is 0.208 e. The van der Waals surface area contributed by atoms with Crippen molar-refractivity contribution in [3.8, 4) is 0 Å². The Labute approximate surface area is 427 Å². The summed E-state index contributed by atoms with van der Waals surface area (Å²) in [5.74, 6) is 2.86. The van der Waals surface area contributed by atoms with Gasteiger partial charge in [0.2, 0.25) is 30.1 Å². The number of halogens is 3. The third-order valence-electron chi connectivity index (χ3n) is 12.5. The van der Waals surface area contributed by atoms with Gasteiger partial charge in [-0.2, -0.15) is 0 Å². The molecule has 0 saturated carbocycles. The summed E-state index contributed by atoms with van der Waals surface area (Å²) in [6.45, 7) is 10.4. The monoisotopic (exact) mass is 1080 g/mol. The van der Waals surface area contributed by atoms with Gasteiger partial charge in [-0.1, -0.05) is 34.9 Å². The van der Waals surface area contributed by atoms with Gasteiger partial charge < -0.3 is 14.7 Å². The summed E-state index contributed by atoms with van der Waals surface area (Å²) < 4.78 is 89.3. The SMILES string of the molecule is CS(=O)(=O)NCC1CCCN(c2ncnc3c(Cl)cc(F)cc23)C1.Cc1ccc2ncnc(N3CCCC(CNS(C)(=O)=O)C3)c2c1.Cc1ccc2ncnc(N3CCCC(CNS(C)(=O)=O)C3)c2c1.Cl. The zero-order valence-electron chi connectivity index (χ0n) is 40.6. The van der Waals surface area contributed by atoms with Crippen LogP contribution in [0.15, 0.2) is 67.5 Å². The molecule has 0 bridgehead atoms.